The summed E-state index contributed by atoms with van der Waals surface area (Å²) in [6.45, 7) is 2.17. The number of amides is 2. The van der Waals surface area contributed by atoms with Crippen LogP contribution in [0.15, 0.2) is 24.3 Å². The third-order valence-corrected chi connectivity index (χ3v) is 5.51. The van der Waals surface area contributed by atoms with E-state index in [-0.39, 0.29) is 17.7 Å². The zero-order valence-corrected chi connectivity index (χ0v) is 15.3. The molecule has 0 saturated heterocycles. The standard InChI is InChI=1S/C17H16Cl2N2O2S/c1-9-6-14(21-16(22)10-2-3-10)24-15(9)17(23)20-8-11-4-5-12(18)7-13(11)19/h4-7,10H,2-3,8H2,1H3,(H,20,23)(H,21,22). The summed E-state index contributed by atoms with van der Waals surface area (Å²) in [6, 6.07) is 6.99. The van der Waals surface area contributed by atoms with E-state index in [9.17, 15) is 9.59 Å². The molecule has 0 unspecified atom stereocenters. The Hall–Kier alpha value is -1.56. The molecule has 2 aromatic rings. The summed E-state index contributed by atoms with van der Waals surface area (Å²) < 4.78 is 0. The van der Waals surface area contributed by atoms with Crippen molar-refractivity contribution in [2.45, 2.75) is 26.3 Å². The molecule has 1 aromatic heterocycles. The summed E-state index contributed by atoms with van der Waals surface area (Å²) in [6.07, 6.45) is 1.90. The molecule has 1 aromatic carbocycles. The lowest BCUT2D eigenvalue weighted by Gasteiger charge is -2.07. The van der Waals surface area contributed by atoms with E-state index in [0.29, 0.717) is 26.5 Å². The van der Waals surface area contributed by atoms with Crippen LogP contribution >= 0.6 is 34.5 Å². The normalized spacial score (nSPS) is 13.6. The van der Waals surface area contributed by atoms with Gasteiger partial charge in [-0.2, -0.15) is 0 Å². The van der Waals surface area contributed by atoms with Crippen molar-refractivity contribution in [3.8, 4) is 0 Å². The van der Waals surface area contributed by atoms with Gasteiger partial charge in [0.15, 0.2) is 0 Å². The van der Waals surface area contributed by atoms with Crippen LogP contribution < -0.4 is 10.6 Å². The predicted octanol–water partition coefficient (Wildman–Crippen LogP) is 4.64. The van der Waals surface area contributed by atoms with Gasteiger partial charge in [-0.25, -0.2) is 0 Å². The fraction of sp³-hybridized carbons (Fsp3) is 0.294. The molecule has 1 aliphatic carbocycles. The van der Waals surface area contributed by atoms with E-state index in [2.05, 4.69) is 10.6 Å². The number of aryl methyl sites for hydroxylation is 1. The number of rotatable bonds is 5. The van der Waals surface area contributed by atoms with E-state index in [1.165, 1.54) is 11.3 Å². The molecule has 7 heteroatoms. The number of anilines is 1. The Morgan fingerprint density at radius 2 is 2.00 bits per heavy atom. The molecule has 3 rings (SSSR count). The lowest BCUT2D eigenvalue weighted by molar-refractivity contribution is -0.117. The number of thiophene rings is 1. The van der Waals surface area contributed by atoms with Gasteiger partial charge >= 0.3 is 0 Å². The van der Waals surface area contributed by atoms with E-state index in [1.54, 1.807) is 18.2 Å². The molecule has 126 valence electrons. The second-order valence-corrected chi connectivity index (χ2v) is 7.70. The second kappa shape index (κ2) is 7.13. The van der Waals surface area contributed by atoms with Gasteiger partial charge in [-0.1, -0.05) is 29.3 Å². The van der Waals surface area contributed by atoms with Crippen LogP contribution in [0.5, 0.6) is 0 Å². The van der Waals surface area contributed by atoms with Gasteiger partial charge in [-0.05, 0) is 49.1 Å². The Morgan fingerprint density at radius 3 is 2.67 bits per heavy atom. The average molecular weight is 383 g/mol. The number of halogens is 2. The molecule has 2 N–H and O–H groups in total. The number of hydrogen-bond acceptors (Lipinski definition) is 3. The van der Waals surface area contributed by atoms with Crippen molar-refractivity contribution in [1.82, 2.24) is 5.32 Å². The molecule has 24 heavy (non-hydrogen) atoms. The third kappa shape index (κ3) is 4.09. The second-order valence-electron chi connectivity index (χ2n) is 5.80. The first-order chi connectivity index (χ1) is 11.4. The first-order valence-electron chi connectivity index (χ1n) is 7.57. The van der Waals surface area contributed by atoms with Crippen LogP contribution in [0.4, 0.5) is 5.00 Å². The number of carbonyl (C=O) groups is 2. The van der Waals surface area contributed by atoms with Crippen molar-refractivity contribution in [2.75, 3.05) is 5.32 Å². The minimum Gasteiger partial charge on any atom is -0.347 e. The molecule has 0 radical (unpaired) electrons. The van der Waals surface area contributed by atoms with E-state index in [4.69, 9.17) is 23.2 Å². The number of nitrogens with one attached hydrogen (secondary N) is 2. The first kappa shape index (κ1) is 17.3. The van der Waals surface area contributed by atoms with Gasteiger partial charge in [-0.3, -0.25) is 9.59 Å². The highest BCUT2D eigenvalue weighted by molar-refractivity contribution is 7.18. The Labute approximate surface area is 154 Å². The van der Waals surface area contributed by atoms with E-state index in [0.717, 1.165) is 24.0 Å². The van der Waals surface area contributed by atoms with Crippen LogP contribution in [0.25, 0.3) is 0 Å². The highest BCUT2D eigenvalue weighted by Crippen LogP contribution is 2.32. The topological polar surface area (TPSA) is 58.2 Å². The highest BCUT2D eigenvalue weighted by Gasteiger charge is 2.30. The highest BCUT2D eigenvalue weighted by atomic mass is 35.5. The zero-order chi connectivity index (χ0) is 17.3. The number of benzene rings is 1. The van der Waals surface area contributed by atoms with Crippen molar-refractivity contribution < 1.29 is 9.59 Å². The molecule has 0 aliphatic heterocycles. The molecular weight excluding hydrogens is 367 g/mol. The summed E-state index contributed by atoms with van der Waals surface area (Å²) in [4.78, 5) is 24.8. The van der Waals surface area contributed by atoms with E-state index < -0.39 is 0 Å². The van der Waals surface area contributed by atoms with E-state index >= 15 is 0 Å². The van der Waals surface area contributed by atoms with Gasteiger partial charge in [0, 0.05) is 22.5 Å². The summed E-state index contributed by atoms with van der Waals surface area (Å²) in [5, 5.41) is 7.50. The van der Waals surface area contributed by atoms with Crippen molar-refractivity contribution in [2.24, 2.45) is 5.92 Å². The number of hydrogen-bond donors (Lipinski definition) is 2. The first-order valence-corrected chi connectivity index (χ1v) is 9.14. The van der Waals surface area contributed by atoms with Gasteiger partial charge in [0.25, 0.3) is 5.91 Å². The Balaban J connectivity index is 1.64. The molecule has 2 amide bonds. The molecular formula is C17H16Cl2N2O2S. The molecule has 1 fully saturated rings. The number of carbonyl (C=O) groups excluding carboxylic acids is 2. The van der Waals surface area contributed by atoms with Gasteiger partial charge in [0.2, 0.25) is 5.91 Å². The smallest absolute Gasteiger partial charge is 0.261 e. The minimum absolute atomic E-state index is 0.0381. The lowest BCUT2D eigenvalue weighted by atomic mass is 10.2. The summed E-state index contributed by atoms with van der Waals surface area (Å²) in [5.74, 6) is -0.0108. The maximum atomic E-state index is 12.4. The Kier molecular flexibility index (Phi) is 5.13. The molecule has 0 atom stereocenters. The Morgan fingerprint density at radius 1 is 1.25 bits per heavy atom. The fourth-order valence-corrected chi connectivity index (χ4v) is 3.73. The van der Waals surface area contributed by atoms with Gasteiger partial charge in [0.05, 0.1) is 9.88 Å². The molecule has 1 heterocycles. The molecule has 1 aliphatic rings. The van der Waals surface area contributed by atoms with Gasteiger partial charge < -0.3 is 10.6 Å². The van der Waals surface area contributed by atoms with Crippen molar-refractivity contribution in [3.05, 3.63) is 50.3 Å². The van der Waals surface area contributed by atoms with Crippen LogP contribution in [0.3, 0.4) is 0 Å². The largest absolute Gasteiger partial charge is 0.347 e. The van der Waals surface area contributed by atoms with Crippen LogP contribution in [0.1, 0.15) is 33.6 Å². The SMILES string of the molecule is Cc1cc(NC(=O)C2CC2)sc1C(=O)NCc1ccc(Cl)cc1Cl. The van der Waals surface area contributed by atoms with Crippen LogP contribution in [-0.4, -0.2) is 11.8 Å². The average Bonchev–Trinajstić information content (AvgIpc) is 3.30. The zero-order valence-electron chi connectivity index (χ0n) is 13.0. The van der Waals surface area contributed by atoms with Crippen LogP contribution in [0, 0.1) is 12.8 Å². The summed E-state index contributed by atoms with van der Waals surface area (Å²) >= 11 is 13.3. The minimum atomic E-state index is -0.185. The van der Waals surface area contributed by atoms with Crippen LogP contribution in [-0.2, 0) is 11.3 Å². The molecule has 0 bridgehead atoms. The van der Waals surface area contributed by atoms with Crippen LogP contribution in [0.2, 0.25) is 10.0 Å². The Bertz CT molecular complexity index is 800. The molecule has 0 spiro atoms. The fourth-order valence-electron chi connectivity index (χ4n) is 2.26. The van der Waals surface area contributed by atoms with Crippen molar-refractivity contribution >= 4 is 51.4 Å². The molecule has 4 nitrogen and oxygen atoms in total. The van der Waals surface area contributed by atoms with Gasteiger partial charge in [0.1, 0.15) is 0 Å². The maximum Gasteiger partial charge on any atom is 0.261 e. The van der Waals surface area contributed by atoms with E-state index in [1.807, 2.05) is 13.0 Å². The lowest BCUT2D eigenvalue weighted by Crippen LogP contribution is -2.22. The summed E-state index contributed by atoms with van der Waals surface area (Å²) in [7, 11) is 0. The maximum absolute atomic E-state index is 12.4. The van der Waals surface area contributed by atoms with Gasteiger partial charge in [-0.15, -0.1) is 11.3 Å². The monoisotopic (exact) mass is 382 g/mol. The summed E-state index contributed by atoms with van der Waals surface area (Å²) in [5.41, 5.74) is 1.64. The van der Waals surface area contributed by atoms with Crippen molar-refractivity contribution in [1.29, 1.82) is 0 Å². The third-order valence-electron chi connectivity index (χ3n) is 3.77. The molecule has 1 saturated carbocycles. The van der Waals surface area contributed by atoms with Crippen molar-refractivity contribution in [3.63, 3.8) is 0 Å². The predicted molar refractivity (Wildman–Crippen MR) is 98.0 cm³/mol. The quantitative estimate of drug-likeness (QED) is 0.790.